The summed E-state index contributed by atoms with van der Waals surface area (Å²) in [5.41, 5.74) is 4.35. The Kier molecular flexibility index (Phi) is 5.08. The number of ketones is 1. The number of anilines is 3. The summed E-state index contributed by atoms with van der Waals surface area (Å²) < 4.78 is 0. The van der Waals surface area contributed by atoms with Gasteiger partial charge in [0.1, 0.15) is 5.69 Å². The molecule has 0 unspecified atom stereocenters. The van der Waals surface area contributed by atoms with E-state index in [0.717, 1.165) is 11.4 Å². The fourth-order valence-corrected chi connectivity index (χ4v) is 2.42. The van der Waals surface area contributed by atoms with Crippen LogP contribution in [-0.4, -0.2) is 16.7 Å². The first-order valence-electron chi connectivity index (χ1n) is 8.23. The van der Waals surface area contributed by atoms with Crippen molar-refractivity contribution in [3.05, 3.63) is 83.7 Å². The first kappa shape index (κ1) is 17.4. The van der Waals surface area contributed by atoms with Crippen LogP contribution < -0.4 is 10.6 Å². The van der Waals surface area contributed by atoms with E-state index in [1.165, 1.54) is 12.5 Å². The lowest BCUT2D eigenvalue weighted by molar-refractivity contribution is 0.100. The van der Waals surface area contributed by atoms with Crippen molar-refractivity contribution in [3.63, 3.8) is 0 Å². The van der Waals surface area contributed by atoms with E-state index in [-0.39, 0.29) is 11.7 Å². The van der Waals surface area contributed by atoms with Gasteiger partial charge in [-0.3, -0.25) is 9.59 Å². The van der Waals surface area contributed by atoms with Crippen LogP contribution in [0.1, 0.15) is 33.3 Å². The number of aromatic nitrogens is 1. The summed E-state index contributed by atoms with van der Waals surface area (Å²) in [6, 6.07) is 18.3. The van der Waals surface area contributed by atoms with Gasteiger partial charge in [0.25, 0.3) is 5.91 Å². The lowest BCUT2D eigenvalue weighted by Crippen LogP contribution is -2.14. The molecule has 2 N–H and O–H groups in total. The highest BCUT2D eigenvalue weighted by Crippen LogP contribution is 2.17. The molecule has 0 aliphatic carbocycles. The average molecular weight is 345 g/mol. The number of pyridine rings is 1. The third kappa shape index (κ3) is 4.33. The second-order valence-corrected chi connectivity index (χ2v) is 6.01. The van der Waals surface area contributed by atoms with Gasteiger partial charge in [-0.1, -0.05) is 29.8 Å². The molecule has 0 saturated carbocycles. The number of carbonyl (C=O) groups excluding carboxylic acids is 2. The highest BCUT2D eigenvalue weighted by atomic mass is 16.2. The summed E-state index contributed by atoms with van der Waals surface area (Å²) in [7, 11) is 0. The molecule has 3 rings (SSSR count). The predicted molar refractivity (Wildman–Crippen MR) is 103 cm³/mol. The molecule has 0 atom stereocenters. The Labute approximate surface area is 152 Å². The third-order valence-electron chi connectivity index (χ3n) is 3.86. The van der Waals surface area contributed by atoms with E-state index in [9.17, 15) is 9.59 Å². The van der Waals surface area contributed by atoms with Crippen molar-refractivity contribution >= 4 is 28.8 Å². The van der Waals surface area contributed by atoms with Gasteiger partial charge < -0.3 is 10.6 Å². The molecular weight excluding hydrogens is 326 g/mol. The van der Waals surface area contributed by atoms with Crippen molar-refractivity contribution in [2.45, 2.75) is 13.8 Å². The van der Waals surface area contributed by atoms with Gasteiger partial charge in [-0.05, 0) is 50.2 Å². The standard InChI is InChI=1S/C21H19N3O2/c1-14-6-8-17(9-7-14)23-19-10-11-20(22-13-19)21(26)24-18-5-3-4-16(12-18)15(2)25/h3-13,23H,1-2H3,(H,24,26). The van der Waals surface area contributed by atoms with Crippen LogP contribution in [0, 0.1) is 6.92 Å². The maximum Gasteiger partial charge on any atom is 0.274 e. The number of Topliss-reactive ketones (excluding diaryl/α,β-unsaturated/α-hetero) is 1. The smallest absolute Gasteiger partial charge is 0.274 e. The van der Waals surface area contributed by atoms with E-state index in [1.54, 1.807) is 42.6 Å². The van der Waals surface area contributed by atoms with E-state index < -0.39 is 0 Å². The summed E-state index contributed by atoms with van der Waals surface area (Å²) in [5.74, 6) is -0.377. The van der Waals surface area contributed by atoms with E-state index in [0.29, 0.717) is 16.9 Å². The molecule has 2 aromatic carbocycles. The molecule has 1 heterocycles. The number of hydrogen-bond donors (Lipinski definition) is 2. The Morgan fingerprint density at radius 3 is 2.27 bits per heavy atom. The minimum Gasteiger partial charge on any atom is -0.354 e. The van der Waals surface area contributed by atoms with Crippen LogP contribution >= 0.6 is 0 Å². The number of carbonyl (C=O) groups is 2. The second kappa shape index (κ2) is 7.61. The fraction of sp³-hybridized carbons (Fsp3) is 0.0952. The van der Waals surface area contributed by atoms with Gasteiger partial charge in [-0.2, -0.15) is 0 Å². The minimum absolute atomic E-state index is 0.0502. The van der Waals surface area contributed by atoms with Gasteiger partial charge in [0, 0.05) is 16.9 Å². The molecule has 0 fully saturated rings. The van der Waals surface area contributed by atoms with Crippen LogP contribution in [-0.2, 0) is 0 Å². The second-order valence-electron chi connectivity index (χ2n) is 6.01. The molecule has 0 aliphatic rings. The van der Waals surface area contributed by atoms with Crippen molar-refractivity contribution in [2.24, 2.45) is 0 Å². The molecule has 5 nitrogen and oxygen atoms in total. The van der Waals surface area contributed by atoms with Gasteiger partial charge in [0.15, 0.2) is 5.78 Å². The number of aryl methyl sites for hydroxylation is 1. The van der Waals surface area contributed by atoms with Crippen LogP contribution in [0.2, 0.25) is 0 Å². The monoisotopic (exact) mass is 345 g/mol. The quantitative estimate of drug-likeness (QED) is 0.664. The normalized spacial score (nSPS) is 10.2. The zero-order valence-corrected chi connectivity index (χ0v) is 14.6. The SMILES string of the molecule is CC(=O)c1cccc(NC(=O)c2ccc(Nc3ccc(C)cc3)cn2)c1. The number of benzene rings is 2. The molecule has 26 heavy (non-hydrogen) atoms. The van der Waals surface area contributed by atoms with E-state index in [1.807, 2.05) is 31.2 Å². The van der Waals surface area contributed by atoms with Gasteiger partial charge >= 0.3 is 0 Å². The zero-order chi connectivity index (χ0) is 18.5. The van der Waals surface area contributed by atoms with Crippen molar-refractivity contribution < 1.29 is 9.59 Å². The lowest BCUT2D eigenvalue weighted by Gasteiger charge is -2.08. The maximum absolute atomic E-state index is 12.3. The average Bonchev–Trinajstić information content (AvgIpc) is 2.64. The highest BCUT2D eigenvalue weighted by Gasteiger charge is 2.09. The third-order valence-corrected chi connectivity index (χ3v) is 3.86. The lowest BCUT2D eigenvalue weighted by atomic mass is 10.1. The van der Waals surface area contributed by atoms with Gasteiger partial charge in [-0.15, -0.1) is 0 Å². The molecule has 0 saturated heterocycles. The maximum atomic E-state index is 12.3. The number of nitrogens with zero attached hydrogens (tertiary/aromatic N) is 1. The number of amides is 1. The van der Waals surface area contributed by atoms with Crippen molar-refractivity contribution in [1.82, 2.24) is 4.98 Å². The largest absolute Gasteiger partial charge is 0.354 e. The summed E-state index contributed by atoms with van der Waals surface area (Å²) >= 11 is 0. The van der Waals surface area contributed by atoms with Gasteiger partial charge in [0.05, 0.1) is 11.9 Å². The zero-order valence-electron chi connectivity index (χ0n) is 14.6. The van der Waals surface area contributed by atoms with Crippen molar-refractivity contribution in [2.75, 3.05) is 10.6 Å². The molecule has 3 aromatic rings. The van der Waals surface area contributed by atoms with Crippen molar-refractivity contribution in [3.8, 4) is 0 Å². The van der Waals surface area contributed by atoms with Crippen LogP contribution in [0.15, 0.2) is 66.9 Å². The molecule has 130 valence electrons. The number of hydrogen-bond acceptors (Lipinski definition) is 4. The van der Waals surface area contributed by atoms with Crippen molar-refractivity contribution in [1.29, 1.82) is 0 Å². The molecule has 0 aliphatic heterocycles. The topological polar surface area (TPSA) is 71.1 Å². The molecule has 0 bridgehead atoms. The predicted octanol–water partition coefficient (Wildman–Crippen LogP) is 4.59. The Morgan fingerprint density at radius 2 is 1.62 bits per heavy atom. The summed E-state index contributed by atoms with van der Waals surface area (Å²) in [6.45, 7) is 3.52. The van der Waals surface area contributed by atoms with E-state index in [2.05, 4.69) is 15.6 Å². The van der Waals surface area contributed by atoms with Crippen LogP contribution in [0.4, 0.5) is 17.1 Å². The van der Waals surface area contributed by atoms with Crippen LogP contribution in [0.5, 0.6) is 0 Å². The molecule has 1 aromatic heterocycles. The Morgan fingerprint density at radius 1 is 0.885 bits per heavy atom. The summed E-state index contributed by atoms with van der Waals surface area (Å²) in [4.78, 5) is 28.0. The molecule has 1 amide bonds. The highest BCUT2D eigenvalue weighted by molar-refractivity contribution is 6.04. The van der Waals surface area contributed by atoms with Gasteiger partial charge in [-0.25, -0.2) is 4.98 Å². The minimum atomic E-state index is -0.326. The Hall–Kier alpha value is -3.47. The molecule has 0 radical (unpaired) electrons. The molecule has 0 spiro atoms. The first-order chi connectivity index (χ1) is 12.5. The molecular formula is C21H19N3O2. The van der Waals surface area contributed by atoms with Crippen LogP contribution in [0.3, 0.4) is 0 Å². The Bertz CT molecular complexity index is 932. The fourth-order valence-electron chi connectivity index (χ4n) is 2.42. The first-order valence-corrected chi connectivity index (χ1v) is 8.23. The summed E-state index contributed by atoms with van der Waals surface area (Å²) in [6.07, 6.45) is 1.61. The number of rotatable bonds is 5. The molecule has 5 heteroatoms. The van der Waals surface area contributed by atoms with Gasteiger partial charge in [0.2, 0.25) is 0 Å². The van der Waals surface area contributed by atoms with E-state index in [4.69, 9.17) is 0 Å². The number of nitrogens with one attached hydrogen (secondary N) is 2. The Balaban J connectivity index is 1.68. The summed E-state index contributed by atoms with van der Waals surface area (Å²) in [5, 5.41) is 5.99. The van der Waals surface area contributed by atoms with Crippen LogP contribution in [0.25, 0.3) is 0 Å². The van der Waals surface area contributed by atoms with E-state index >= 15 is 0 Å².